The minimum Gasteiger partial charge on any atom is -0.265 e. The standard InChI is InChI=1S/C18H31N3PS/c1-12(2)21(13(3)4)22(23)16-11-14(5)10-15(6)17(16)20(9)18(22)19(7)8/h10-13H,1-9H3/q+1. The first-order valence-electron chi connectivity index (χ1n) is 8.32. The van der Waals surface area contributed by atoms with Crippen LogP contribution in [0.1, 0.15) is 38.8 Å². The Labute approximate surface area is 147 Å². The Morgan fingerprint density at radius 3 is 2.04 bits per heavy atom. The molecule has 0 aromatic heterocycles. The van der Waals surface area contributed by atoms with Crippen LogP contribution in [0.25, 0.3) is 0 Å². The zero-order valence-electron chi connectivity index (χ0n) is 16.0. The molecular formula is C18H31N3PS+. The molecule has 1 aromatic rings. The summed E-state index contributed by atoms with van der Waals surface area (Å²) < 4.78 is 4.80. The average Bonchev–Trinajstić information content (AvgIpc) is 2.56. The van der Waals surface area contributed by atoms with E-state index >= 15 is 0 Å². The number of fused-ring (bicyclic) bond motifs is 1. The Balaban J connectivity index is 2.91. The van der Waals surface area contributed by atoms with Gasteiger partial charge in [0.1, 0.15) is 5.69 Å². The van der Waals surface area contributed by atoms with Crippen molar-refractivity contribution in [2.75, 3.05) is 26.0 Å². The minimum atomic E-state index is -2.02. The molecule has 1 aliphatic rings. The van der Waals surface area contributed by atoms with Crippen LogP contribution in [0.15, 0.2) is 12.1 Å². The number of hydrogen-bond donors (Lipinski definition) is 0. The molecule has 0 N–H and O–H groups in total. The monoisotopic (exact) mass is 352 g/mol. The Hall–Kier alpha value is -0.700. The third-order valence-electron chi connectivity index (χ3n) is 4.44. The lowest BCUT2D eigenvalue weighted by Gasteiger charge is -2.37. The zero-order valence-corrected chi connectivity index (χ0v) is 17.7. The molecule has 0 bridgehead atoms. The van der Waals surface area contributed by atoms with Crippen LogP contribution < -0.4 is 10.2 Å². The topological polar surface area (TPSA) is 9.49 Å². The molecule has 1 atom stereocenters. The summed E-state index contributed by atoms with van der Waals surface area (Å²) in [5.41, 5.74) is 5.21. The molecule has 0 spiro atoms. The normalized spacial score (nSPS) is 20.9. The Kier molecular flexibility index (Phi) is 5.11. The van der Waals surface area contributed by atoms with E-state index in [0.717, 1.165) is 0 Å². The van der Waals surface area contributed by atoms with Crippen LogP contribution in [-0.2, 0) is 11.8 Å². The van der Waals surface area contributed by atoms with E-state index < -0.39 is 6.19 Å². The number of aryl methyl sites for hydroxylation is 2. The van der Waals surface area contributed by atoms with Gasteiger partial charge in [0, 0.05) is 12.1 Å². The van der Waals surface area contributed by atoms with Gasteiger partial charge in [-0.05, 0) is 58.7 Å². The van der Waals surface area contributed by atoms with Crippen molar-refractivity contribution in [3.8, 4) is 0 Å². The summed E-state index contributed by atoms with van der Waals surface area (Å²) in [5.74, 6) is 0. The first-order valence-corrected chi connectivity index (χ1v) is 11.1. The van der Waals surface area contributed by atoms with Gasteiger partial charge in [0.2, 0.25) is 0 Å². The number of anilines is 1. The molecule has 5 heteroatoms. The SMILES string of the molecule is Cc1cc(C)c2c(c1)P(=S)(N(C(C)C)C(C)C)C(=[N+](C)C)N2C. The highest BCUT2D eigenvalue weighted by molar-refractivity contribution is 8.25. The highest BCUT2D eigenvalue weighted by atomic mass is 32.4. The fraction of sp³-hybridized carbons (Fsp3) is 0.611. The van der Waals surface area contributed by atoms with E-state index in [1.807, 2.05) is 0 Å². The molecule has 0 saturated heterocycles. The second-order valence-corrected chi connectivity index (χ2v) is 11.4. The van der Waals surface area contributed by atoms with Crippen LogP contribution in [0.3, 0.4) is 0 Å². The van der Waals surface area contributed by atoms with E-state index in [0.29, 0.717) is 12.1 Å². The molecule has 1 unspecified atom stereocenters. The van der Waals surface area contributed by atoms with Crippen molar-refractivity contribution in [2.45, 2.75) is 53.6 Å². The summed E-state index contributed by atoms with van der Waals surface area (Å²) >= 11 is 6.51. The van der Waals surface area contributed by atoms with E-state index in [1.54, 1.807) is 0 Å². The molecule has 3 nitrogen and oxygen atoms in total. The highest BCUT2D eigenvalue weighted by Gasteiger charge is 2.52. The van der Waals surface area contributed by atoms with Gasteiger partial charge in [-0.25, -0.2) is 4.90 Å². The lowest BCUT2D eigenvalue weighted by atomic mass is 10.1. The summed E-state index contributed by atoms with van der Waals surface area (Å²) in [6.45, 7) is 13.4. The summed E-state index contributed by atoms with van der Waals surface area (Å²) in [7, 11) is 6.42. The largest absolute Gasteiger partial charge is 0.300 e. The second kappa shape index (κ2) is 6.31. The third-order valence-corrected chi connectivity index (χ3v) is 9.90. The number of rotatable bonds is 3. The van der Waals surface area contributed by atoms with Gasteiger partial charge < -0.3 is 0 Å². The fourth-order valence-corrected chi connectivity index (χ4v) is 10.5. The van der Waals surface area contributed by atoms with E-state index in [1.165, 1.54) is 27.7 Å². The molecule has 0 saturated carbocycles. The number of benzene rings is 1. The van der Waals surface area contributed by atoms with Gasteiger partial charge in [-0.15, -0.1) is 0 Å². The van der Waals surface area contributed by atoms with Gasteiger partial charge >= 0.3 is 0 Å². The lowest BCUT2D eigenvalue weighted by molar-refractivity contribution is -0.462. The summed E-state index contributed by atoms with van der Waals surface area (Å²) in [6.07, 6.45) is -2.02. The summed E-state index contributed by atoms with van der Waals surface area (Å²) in [5, 5.41) is 1.36. The molecule has 1 aromatic carbocycles. The van der Waals surface area contributed by atoms with Crippen molar-refractivity contribution in [1.82, 2.24) is 4.67 Å². The van der Waals surface area contributed by atoms with Crippen molar-refractivity contribution in [2.24, 2.45) is 0 Å². The minimum absolute atomic E-state index is 0.413. The van der Waals surface area contributed by atoms with Crippen molar-refractivity contribution in [3.63, 3.8) is 0 Å². The lowest BCUT2D eigenvalue weighted by Crippen LogP contribution is -2.41. The van der Waals surface area contributed by atoms with E-state index in [4.69, 9.17) is 11.8 Å². The van der Waals surface area contributed by atoms with Crippen molar-refractivity contribution >= 4 is 34.6 Å². The molecule has 0 radical (unpaired) electrons. The predicted molar refractivity (Wildman–Crippen MR) is 107 cm³/mol. The third kappa shape index (κ3) is 2.79. The molecular weight excluding hydrogens is 321 g/mol. The highest BCUT2D eigenvalue weighted by Crippen LogP contribution is 2.60. The molecule has 0 aliphatic carbocycles. The van der Waals surface area contributed by atoms with Crippen LogP contribution in [-0.4, -0.2) is 48.0 Å². The number of hydrogen-bond acceptors (Lipinski definition) is 1. The molecule has 128 valence electrons. The van der Waals surface area contributed by atoms with Crippen molar-refractivity contribution in [3.05, 3.63) is 23.3 Å². The molecule has 1 aliphatic heterocycles. The quantitative estimate of drug-likeness (QED) is 0.609. The van der Waals surface area contributed by atoms with E-state index in [-0.39, 0.29) is 0 Å². The Morgan fingerprint density at radius 2 is 1.61 bits per heavy atom. The number of nitrogens with zero attached hydrogens (tertiary/aromatic N) is 3. The zero-order chi connectivity index (χ0) is 17.7. The Morgan fingerprint density at radius 1 is 1.09 bits per heavy atom. The van der Waals surface area contributed by atoms with Gasteiger partial charge in [-0.1, -0.05) is 17.9 Å². The summed E-state index contributed by atoms with van der Waals surface area (Å²) in [6, 6.07) is 5.42. The smallest absolute Gasteiger partial charge is 0.265 e. The van der Waals surface area contributed by atoms with E-state index in [9.17, 15) is 0 Å². The van der Waals surface area contributed by atoms with Gasteiger partial charge in [0.05, 0.1) is 26.4 Å². The van der Waals surface area contributed by atoms with Crippen molar-refractivity contribution in [1.29, 1.82) is 0 Å². The second-order valence-electron chi connectivity index (χ2n) is 7.35. The van der Waals surface area contributed by atoms with Crippen LogP contribution in [0.4, 0.5) is 5.69 Å². The maximum absolute atomic E-state index is 6.51. The molecule has 0 amide bonds. The van der Waals surface area contributed by atoms with Crippen LogP contribution in [0.5, 0.6) is 0 Å². The maximum atomic E-state index is 6.51. The van der Waals surface area contributed by atoms with E-state index in [2.05, 4.69) is 89.0 Å². The molecule has 2 rings (SSSR count). The van der Waals surface area contributed by atoms with Crippen molar-refractivity contribution < 1.29 is 4.58 Å². The van der Waals surface area contributed by atoms with Gasteiger partial charge in [0.25, 0.3) is 5.58 Å². The predicted octanol–water partition coefficient (Wildman–Crippen LogP) is 3.52. The average molecular weight is 353 g/mol. The van der Waals surface area contributed by atoms with Crippen LogP contribution >= 0.6 is 6.19 Å². The molecule has 1 heterocycles. The first kappa shape index (κ1) is 18.6. The maximum Gasteiger partial charge on any atom is 0.300 e. The van der Waals surface area contributed by atoms with Gasteiger partial charge in [0.15, 0.2) is 6.19 Å². The summed E-state index contributed by atoms with van der Waals surface area (Å²) in [4.78, 5) is 2.34. The molecule has 0 fully saturated rings. The van der Waals surface area contributed by atoms with Crippen LogP contribution in [0, 0.1) is 13.8 Å². The van der Waals surface area contributed by atoms with Crippen LogP contribution in [0.2, 0.25) is 0 Å². The van der Waals surface area contributed by atoms with Gasteiger partial charge in [-0.2, -0.15) is 0 Å². The fourth-order valence-electron chi connectivity index (χ4n) is 4.06. The first-order chi connectivity index (χ1) is 10.5. The molecule has 23 heavy (non-hydrogen) atoms. The Bertz CT molecular complexity index is 694. The van der Waals surface area contributed by atoms with Gasteiger partial charge in [-0.3, -0.25) is 9.25 Å². The number of amidine groups is 1.